The molecular formula is C20H18N6O4. The molecule has 4 aromatic rings. The lowest BCUT2D eigenvalue weighted by atomic mass is 10.1. The monoisotopic (exact) mass is 406 g/mol. The Hall–Kier alpha value is -3.89. The molecule has 4 rings (SSSR count). The number of aromatic nitrogens is 5. The van der Waals surface area contributed by atoms with Crippen LogP contribution in [0.4, 0.5) is 5.82 Å². The highest BCUT2D eigenvalue weighted by atomic mass is 16.5. The first-order valence-electron chi connectivity index (χ1n) is 9.09. The van der Waals surface area contributed by atoms with Gasteiger partial charge in [0.2, 0.25) is 0 Å². The van der Waals surface area contributed by atoms with Crippen LogP contribution in [0.25, 0.3) is 16.9 Å². The second kappa shape index (κ2) is 8.64. The Morgan fingerprint density at radius 1 is 1.17 bits per heavy atom. The number of aliphatic hydroxyl groups is 2. The molecule has 0 saturated carbocycles. The number of para-hydroxylation sites is 1. The maximum atomic E-state index is 12.7. The molecule has 1 amide bonds. The molecular weight excluding hydrogens is 388 g/mol. The highest BCUT2D eigenvalue weighted by molar-refractivity contribution is 6.02. The Balaban J connectivity index is 1.66. The third-order valence-electron chi connectivity index (χ3n) is 4.22. The number of hydrogen-bond acceptors (Lipinski definition) is 8. The van der Waals surface area contributed by atoms with Crippen LogP contribution in [-0.2, 0) is 0 Å². The summed E-state index contributed by atoms with van der Waals surface area (Å²) in [5, 5.41) is 25.8. The molecule has 0 aliphatic rings. The molecule has 3 heterocycles. The molecule has 0 radical (unpaired) electrons. The van der Waals surface area contributed by atoms with Gasteiger partial charge < -0.3 is 20.3 Å². The molecule has 1 aromatic carbocycles. The number of imidazole rings is 1. The fraction of sp³-hybridized carbons (Fsp3) is 0.150. The van der Waals surface area contributed by atoms with Crippen molar-refractivity contribution in [3.8, 4) is 17.0 Å². The van der Waals surface area contributed by atoms with E-state index in [2.05, 4.69) is 25.4 Å². The molecule has 0 aliphatic carbocycles. The first kappa shape index (κ1) is 19.4. The molecule has 0 aliphatic heterocycles. The van der Waals surface area contributed by atoms with Gasteiger partial charge in [0.1, 0.15) is 30.6 Å². The van der Waals surface area contributed by atoms with Crippen LogP contribution in [0.3, 0.4) is 0 Å². The van der Waals surface area contributed by atoms with Crippen LogP contribution >= 0.6 is 0 Å². The summed E-state index contributed by atoms with van der Waals surface area (Å²) in [7, 11) is 0. The molecule has 152 valence electrons. The van der Waals surface area contributed by atoms with Crippen molar-refractivity contribution >= 4 is 17.4 Å². The minimum atomic E-state index is -0.987. The zero-order chi connectivity index (χ0) is 20.9. The zero-order valence-corrected chi connectivity index (χ0v) is 15.7. The summed E-state index contributed by atoms with van der Waals surface area (Å²) in [6, 6.07) is 12.2. The van der Waals surface area contributed by atoms with Gasteiger partial charge in [-0.2, -0.15) is 5.10 Å². The smallest absolute Gasteiger partial charge is 0.277 e. The average Bonchev–Trinajstić information content (AvgIpc) is 3.21. The predicted octanol–water partition coefficient (Wildman–Crippen LogP) is 1.17. The average molecular weight is 406 g/mol. The van der Waals surface area contributed by atoms with Crippen LogP contribution in [0.2, 0.25) is 0 Å². The Morgan fingerprint density at radius 2 is 2.03 bits per heavy atom. The lowest BCUT2D eigenvalue weighted by molar-refractivity contribution is 0.0538. The third kappa shape index (κ3) is 4.09. The van der Waals surface area contributed by atoms with Crippen LogP contribution in [0, 0.1) is 0 Å². The number of carbonyl (C=O) groups excluding carboxylic acids is 1. The number of anilines is 1. The Labute approximate surface area is 170 Å². The molecule has 30 heavy (non-hydrogen) atoms. The minimum Gasteiger partial charge on any atom is -0.490 e. The van der Waals surface area contributed by atoms with E-state index in [4.69, 9.17) is 9.84 Å². The van der Waals surface area contributed by atoms with Crippen molar-refractivity contribution in [2.24, 2.45) is 0 Å². The number of nitrogens with one attached hydrogen (secondary N) is 1. The maximum absolute atomic E-state index is 12.7. The number of carbonyl (C=O) groups is 1. The first-order valence-corrected chi connectivity index (χ1v) is 9.09. The fourth-order valence-corrected chi connectivity index (χ4v) is 2.76. The van der Waals surface area contributed by atoms with E-state index in [0.29, 0.717) is 28.5 Å². The van der Waals surface area contributed by atoms with Crippen molar-refractivity contribution in [3.05, 3.63) is 66.9 Å². The van der Waals surface area contributed by atoms with Crippen molar-refractivity contribution in [2.75, 3.05) is 18.5 Å². The standard InChI is InChI=1S/C20H18N6O4/c27-10-13(28)11-30-17-4-2-1-3-14(17)15-5-6-19-22-9-16(26(19)25-15)20(29)24-18-7-8-21-12-23-18/h1-9,12-13,27-28H,10-11H2,(H,21,23,24,29). The summed E-state index contributed by atoms with van der Waals surface area (Å²) in [4.78, 5) is 24.7. The number of nitrogens with zero attached hydrogens (tertiary/aromatic N) is 5. The molecule has 0 bridgehead atoms. The Bertz CT molecular complexity index is 1160. The van der Waals surface area contributed by atoms with E-state index < -0.39 is 18.6 Å². The molecule has 10 heteroatoms. The summed E-state index contributed by atoms with van der Waals surface area (Å²) < 4.78 is 7.06. The molecule has 0 spiro atoms. The summed E-state index contributed by atoms with van der Waals surface area (Å²) in [5.41, 5.74) is 1.95. The normalized spacial score (nSPS) is 11.9. The van der Waals surface area contributed by atoms with Gasteiger partial charge in [0.05, 0.1) is 18.5 Å². The topological polar surface area (TPSA) is 135 Å². The molecule has 1 atom stereocenters. The lowest BCUT2D eigenvalue weighted by Crippen LogP contribution is -2.21. The van der Waals surface area contributed by atoms with Gasteiger partial charge in [0, 0.05) is 11.8 Å². The van der Waals surface area contributed by atoms with E-state index in [1.807, 2.05) is 12.1 Å². The second-order valence-electron chi connectivity index (χ2n) is 6.32. The highest BCUT2D eigenvalue weighted by Crippen LogP contribution is 2.28. The largest absolute Gasteiger partial charge is 0.490 e. The molecule has 3 N–H and O–H groups in total. The molecule has 0 fully saturated rings. The number of rotatable bonds is 7. The van der Waals surface area contributed by atoms with Crippen molar-refractivity contribution < 1.29 is 19.7 Å². The number of aliphatic hydroxyl groups excluding tert-OH is 2. The molecule has 10 nitrogen and oxygen atoms in total. The quantitative estimate of drug-likeness (QED) is 0.416. The SMILES string of the molecule is O=C(Nc1ccncn1)c1cnc2ccc(-c3ccccc3OCC(O)CO)nn12. The number of ether oxygens (including phenoxy) is 1. The van der Waals surface area contributed by atoms with Crippen molar-refractivity contribution in [1.82, 2.24) is 24.6 Å². The first-order chi connectivity index (χ1) is 14.7. The van der Waals surface area contributed by atoms with E-state index in [9.17, 15) is 9.90 Å². The van der Waals surface area contributed by atoms with E-state index in [-0.39, 0.29) is 12.3 Å². The fourth-order valence-electron chi connectivity index (χ4n) is 2.76. The Kier molecular flexibility index (Phi) is 5.59. The van der Waals surface area contributed by atoms with Gasteiger partial charge in [0.25, 0.3) is 5.91 Å². The van der Waals surface area contributed by atoms with E-state index in [0.717, 1.165) is 0 Å². The van der Waals surface area contributed by atoms with Gasteiger partial charge in [-0.25, -0.2) is 19.5 Å². The van der Waals surface area contributed by atoms with Crippen LogP contribution < -0.4 is 10.1 Å². The minimum absolute atomic E-state index is 0.0621. The van der Waals surface area contributed by atoms with E-state index >= 15 is 0 Å². The highest BCUT2D eigenvalue weighted by Gasteiger charge is 2.16. The van der Waals surface area contributed by atoms with Gasteiger partial charge in [-0.15, -0.1) is 0 Å². The van der Waals surface area contributed by atoms with Crippen molar-refractivity contribution in [2.45, 2.75) is 6.10 Å². The molecule has 0 saturated heterocycles. The molecule has 1 unspecified atom stereocenters. The van der Waals surface area contributed by atoms with Gasteiger partial charge in [-0.05, 0) is 30.3 Å². The van der Waals surface area contributed by atoms with Gasteiger partial charge in [-0.1, -0.05) is 12.1 Å². The lowest BCUT2D eigenvalue weighted by Gasteiger charge is -2.13. The summed E-state index contributed by atoms with van der Waals surface area (Å²) in [6.45, 7) is -0.459. The number of benzene rings is 1. The third-order valence-corrected chi connectivity index (χ3v) is 4.22. The van der Waals surface area contributed by atoms with Crippen molar-refractivity contribution in [1.29, 1.82) is 0 Å². The number of amides is 1. The maximum Gasteiger partial charge on any atom is 0.277 e. The van der Waals surface area contributed by atoms with Gasteiger partial charge in [0.15, 0.2) is 11.3 Å². The van der Waals surface area contributed by atoms with E-state index in [1.165, 1.54) is 23.2 Å². The van der Waals surface area contributed by atoms with Crippen LogP contribution in [0.1, 0.15) is 10.5 Å². The number of fused-ring (bicyclic) bond motifs is 1. The van der Waals surface area contributed by atoms with E-state index in [1.54, 1.807) is 30.3 Å². The summed E-state index contributed by atoms with van der Waals surface area (Å²) in [5.74, 6) is 0.438. The van der Waals surface area contributed by atoms with Gasteiger partial charge >= 0.3 is 0 Å². The Morgan fingerprint density at radius 3 is 2.83 bits per heavy atom. The van der Waals surface area contributed by atoms with Crippen LogP contribution in [0.15, 0.2) is 61.2 Å². The molecule has 3 aromatic heterocycles. The number of hydrogen-bond donors (Lipinski definition) is 3. The summed E-state index contributed by atoms with van der Waals surface area (Å²) >= 11 is 0. The van der Waals surface area contributed by atoms with Crippen LogP contribution in [0.5, 0.6) is 5.75 Å². The second-order valence-corrected chi connectivity index (χ2v) is 6.32. The summed E-state index contributed by atoms with van der Waals surface area (Å²) in [6.07, 6.45) is 3.31. The van der Waals surface area contributed by atoms with Crippen LogP contribution in [-0.4, -0.2) is 60.0 Å². The zero-order valence-electron chi connectivity index (χ0n) is 15.7. The van der Waals surface area contributed by atoms with Gasteiger partial charge in [-0.3, -0.25) is 4.79 Å². The van der Waals surface area contributed by atoms with Crippen molar-refractivity contribution in [3.63, 3.8) is 0 Å². The predicted molar refractivity (Wildman–Crippen MR) is 107 cm³/mol.